The van der Waals surface area contributed by atoms with Crippen molar-refractivity contribution in [2.24, 2.45) is 10.9 Å². The summed E-state index contributed by atoms with van der Waals surface area (Å²) in [5, 5.41) is 0. The molecule has 0 aliphatic heterocycles. The third-order valence-corrected chi connectivity index (χ3v) is 3.54. The first-order chi connectivity index (χ1) is 13.1. The van der Waals surface area contributed by atoms with Gasteiger partial charge in [0.2, 0.25) is 0 Å². The summed E-state index contributed by atoms with van der Waals surface area (Å²) in [5.74, 6) is -1.84. The Bertz CT molecular complexity index is 738. The van der Waals surface area contributed by atoms with Crippen LogP contribution in [0.4, 0.5) is 5.69 Å². The molecule has 0 amide bonds. The molecule has 0 radical (unpaired) electrons. The van der Waals surface area contributed by atoms with Gasteiger partial charge in [-0.15, -0.1) is 0 Å². The van der Waals surface area contributed by atoms with Gasteiger partial charge in [0.15, 0.2) is 5.92 Å². The second-order valence-corrected chi connectivity index (χ2v) is 5.53. The van der Waals surface area contributed by atoms with Gasteiger partial charge in [0.25, 0.3) is 0 Å². The number of carbonyl (C=O) groups is 2. The van der Waals surface area contributed by atoms with E-state index in [1.165, 1.54) is 6.21 Å². The van der Waals surface area contributed by atoms with Crippen molar-refractivity contribution in [1.82, 2.24) is 0 Å². The summed E-state index contributed by atoms with van der Waals surface area (Å²) in [4.78, 5) is 28.0. The van der Waals surface area contributed by atoms with Crippen LogP contribution in [-0.2, 0) is 25.7 Å². The van der Waals surface area contributed by atoms with Crippen molar-refractivity contribution in [3.63, 3.8) is 0 Å². The lowest BCUT2D eigenvalue weighted by atomic mass is 10.1. The Morgan fingerprint density at radius 3 is 2.07 bits per heavy atom. The predicted molar refractivity (Wildman–Crippen MR) is 102 cm³/mol. The minimum atomic E-state index is -1.18. The van der Waals surface area contributed by atoms with Crippen LogP contribution in [0.5, 0.6) is 5.75 Å². The molecule has 0 fully saturated rings. The Hall–Kier alpha value is -3.15. The van der Waals surface area contributed by atoms with Crippen molar-refractivity contribution in [2.45, 2.75) is 20.5 Å². The summed E-state index contributed by atoms with van der Waals surface area (Å²) in [5.41, 5.74) is 1.66. The molecule has 2 aromatic rings. The second-order valence-electron chi connectivity index (χ2n) is 5.53. The quantitative estimate of drug-likeness (QED) is 0.383. The van der Waals surface area contributed by atoms with Gasteiger partial charge in [-0.25, -0.2) is 0 Å². The largest absolute Gasteiger partial charge is 0.489 e. The van der Waals surface area contributed by atoms with Crippen LogP contribution in [0.1, 0.15) is 19.4 Å². The highest BCUT2D eigenvalue weighted by Gasteiger charge is 2.27. The molecule has 0 unspecified atom stereocenters. The zero-order valence-corrected chi connectivity index (χ0v) is 15.5. The van der Waals surface area contributed by atoms with Gasteiger partial charge in [-0.2, -0.15) is 0 Å². The Labute approximate surface area is 158 Å². The van der Waals surface area contributed by atoms with Crippen molar-refractivity contribution >= 4 is 23.8 Å². The summed E-state index contributed by atoms with van der Waals surface area (Å²) in [6.07, 6.45) is 1.25. The van der Waals surface area contributed by atoms with Crippen LogP contribution in [0.15, 0.2) is 59.6 Å². The number of hydrogen-bond acceptors (Lipinski definition) is 6. The first-order valence-electron chi connectivity index (χ1n) is 8.78. The molecule has 0 heterocycles. The Balaban J connectivity index is 1.99. The first-order valence-corrected chi connectivity index (χ1v) is 8.78. The number of carbonyl (C=O) groups excluding carboxylic acids is 2. The van der Waals surface area contributed by atoms with Gasteiger partial charge in [-0.05, 0) is 43.7 Å². The third kappa shape index (κ3) is 6.58. The highest BCUT2D eigenvalue weighted by molar-refractivity contribution is 6.09. The van der Waals surface area contributed by atoms with Crippen molar-refractivity contribution in [3.05, 3.63) is 60.2 Å². The molecule has 0 saturated carbocycles. The lowest BCUT2D eigenvalue weighted by Crippen LogP contribution is -2.29. The smallest absolute Gasteiger partial charge is 0.325 e. The van der Waals surface area contributed by atoms with Crippen molar-refractivity contribution in [3.8, 4) is 5.75 Å². The summed E-state index contributed by atoms with van der Waals surface area (Å²) < 4.78 is 15.5. The van der Waals surface area contributed by atoms with E-state index in [0.29, 0.717) is 18.0 Å². The lowest BCUT2D eigenvalue weighted by Gasteiger charge is -2.10. The molecule has 0 aliphatic rings. The maximum absolute atomic E-state index is 11.9. The van der Waals surface area contributed by atoms with Gasteiger partial charge < -0.3 is 14.2 Å². The van der Waals surface area contributed by atoms with Crippen molar-refractivity contribution in [2.75, 3.05) is 13.2 Å². The fourth-order valence-electron chi connectivity index (χ4n) is 2.21. The number of benzene rings is 2. The zero-order chi connectivity index (χ0) is 19.5. The van der Waals surface area contributed by atoms with Crippen LogP contribution in [0.25, 0.3) is 0 Å². The Morgan fingerprint density at radius 2 is 1.52 bits per heavy atom. The molecule has 0 aliphatic carbocycles. The molecule has 0 spiro atoms. The number of hydrogen-bond donors (Lipinski definition) is 0. The van der Waals surface area contributed by atoms with Crippen LogP contribution < -0.4 is 4.74 Å². The molecule has 6 nitrogen and oxygen atoms in total. The van der Waals surface area contributed by atoms with E-state index < -0.39 is 17.9 Å². The molecule has 0 saturated heterocycles. The number of esters is 2. The summed E-state index contributed by atoms with van der Waals surface area (Å²) in [7, 11) is 0. The van der Waals surface area contributed by atoms with Crippen LogP contribution in [0.2, 0.25) is 0 Å². The van der Waals surface area contributed by atoms with Crippen LogP contribution >= 0.6 is 0 Å². The van der Waals surface area contributed by atoms with Gasteiger partial charge in [-0.1, -0.05) is 30.3 Å². The first kappa shape index (κ1) is 20.2. The number of aliphatic imine (C=N–C) groups is 1. The topological polar surface area (TPSA) is 74.2 Å². The van der Waals surface area contributed by atoms with Gasteiger partial charge in [0.05, 0.1) is 18.9 Å². The molecule has 0 N–H and O–H groups in total. The molecule has 6 heteroatoms. The summed E-state index contributed by atoms with van der Waals surface area (Å²) in [6.45, 7) is 4.17. The van der Waals surface area contributed by atoms with Crippen LogP contribution in [-0.4, -0.2) is 31.4 Å². The highest BCUT2D eigenvalue weighted by Crippen LogP contribution is 2.19. The standard InChI is InChI=1S/C21H23NO5/c1-3-25-20(23)19(21(24)26-4-2)14-22-17-10-12-18(13-11-17)27-15-16-8-6-5-7-9-16/h5-14,19H,3-4,15H2,1-2H3. The van der Waals surface area contributed by atoms with Crippen LogP contribution in [0, 0.1) is 5.92 Å². The molecule has 27 heavy (non-hydrogen) atoms. The van der Waals surface area contributed by atoms with E-state index in [0.717, 1.165) is 5.56 Å². The molecular formula is C21H23NO5. The van der Waals surface area contributed by atoms with E-state index in [4.69, 9.17) is 14.2 Å². The number of rotatable bonds is 9. The molecule has 2 rings (SSSR count). The zero-order valence-electron chi connectivity index (χ0n) is 15.5. The highest BCUT2D eigenvalue weighted by atomic mass is 16.6. The van der Waals surface area contributed by atoms with E-state index in [-0.39, 0.29) is 13.2 Å². The van der Waals surface area contributed by atoms with E-state index >= 15 is 0 Å². The second kappa shape index (κ2) is 10.8. The molecule has 0 atom stereocenters. The maximum atomic E-state index is 11.9. The van der Waals surface area contributed by atoms with Gasteiger partial charge >= 0.3 is 11.9 Å². The summed E-state index contributed by atoms with van der Waals surface area (Å²) in [6, 6.07) is 16.9. The van der Waals surface area contributed by atoms with Gasteiger partial charge in [-0.3, -0.25) is 14.6 Å². The molecule has 0 aromatic heterocycles. The van der Waals surface area contributed by atoms with E-state index in [2.05, 4.69) is 4.99 Å². The van der Waals surface area contributed by atoms with Gasteiger partial charge in [0, 0.05) is 6.21 Å². The fraction of sp³-hybridized carbons (Fsp3) is 0.286. The molecule has 142 valence electrons. The third-order valence-electron chi connectivity index (χ3n) is 3.54. The van der Waals surface area contributed by atoms with E-state index in [9.17, 15) is 9.59 Å². The summed E-state index contributed by atoms with van der Waals surface area (Å²) >= 11 is 0. The molecular weight excluding hydrogens is 346 g/mol. The minimum Gasteiger partial charge on any atom is -0.489 e. The SMILES string of the molecule is CCOC(=O)C(C=Nc1ccc(OCc2ccccc2)cc1)C(=O)OCC. The maximum Gasteiger partial charge on any atom is 0.325 e. The van der Waals surface area contributed by atoms with Crippen molar-refractivity contribution < 1.29 is 23.8 Å². The Morgan fingerprint density at radius 1 is 0.926 bits per heavy atom. The fourth-order valence-corrected chi connectivity index (χ4v) is 2.21. The molecule has 0 bridgehead atoms. The normalized spacial score (nSPS) is 10.8. The van der Waals surface area contributed by atoms with E-state index in [1.807, 2.05) is 30.3 Å². The average molecular weight is 369 g/mol. The average Bonchev–Trinajstić information content (AvgIpc) is 2.69. The van der Waals surface area contributed by atoms with Gasteiger partial charge in [0.1, 0.15) is 12.4 Å². The lowest BCUT2D eigenvalue weighted by molar-refractivity contribution is -0.157. The number of nitrogens with zero attached hydrogens (tertiary/aromatic N) is 1. The minimum absolute atomic E-state index is 0.177. The number of ether oxygens (including phenoxy) is 3. The monoisotopic (exact) mass is 369 g/mol. The van der Waals surface area contributed by atoms with Crippen molar-refractivity contribution in [1.29, 1.82) is 0 Å². The van der Waals surface area contributed by atoms with E-state index in [1.54, 1.807) is 38.1 Å². The Kier molecular flexibility index (Phi) is 8.03. The van der Waals surface area contributed by atoms with Crippen LogP contribution in [0.3, 0.4) is 0 Å². The predicted octanol–water partition coefficient (Wildman–Crippen LogP) is 3.71. The molecule has 2 aromatic carbocycles.